The van der Waals surface area contributed by atoms with Gasteiger partial charge in [-0.2, -0.15) is 0 Å². The second-order valence-corrected chi connectivity index (χ2v) is 2.61. The number of allylic oxidation sites excluding steroid dienone is 1. The van der Waals surface area contributed by atoms with Crippen molar-refractivity contribution in [3.63, 3.8) is 0 Å². The number of likely N-dealkylation sites (N-methyl/N-ethyl adjacent to an activating group) is 1. The molecule has 0 amide bonds. The molecule has 0 bridgehead atoms. The van der Waals surface area contributed by atoms with Gasteiger partial charge in [0.25, 0.3) is 0 Å². The molecule has 11 heavy (non-hydrogen) atoms. The molecule has 0 rings (SSSR count). The zero-order valence-corrected chi connectivity index (χ0v) is 7.55. The van der Waals surface area contributed by atoms with Crippen LogP contribution in [0.25, 0.3) is 0 Å². The molecule has 1 nitrogen and oxygen atoms in total. The molecule has 0 spiro atoms. The fraction of sp³-hybridized carbons (Fsp3) is 0.600. The van der Waals surface area contributed by atoms with Crippen LogP contribution in [-0.2, 0) is 0 Å². The Labute approximate surface area is 70.4 Å². The standard InChI is InChI=1S/C10H19N/c1-4-7-8-10-11(6-3)9-5-2/h4-5H,1-2,6-10H2,3H3. The predicted molar refractivity (Wildman–Crippen MR) is 51.7 cm³/mol. The van der Waals surface area contributed by atoms with E-state index in [9.17, 15) is 0 Å². The third-order valence-corrected chi connectivity index (χ3v) is 1.72. The summed E-state index contributed by atoms with van der Waals surface area (Å²) in [7, 11) is 0. The van der Waals surface area contributed by atoms with Gasteiger partial charge < -0.3 is 0 Å². The van der Waals surface area contributed by atoms with Gasteiger partial charge >= 0.3 is 0 Å². The summed E-state index contributed by atoms with van der Waals surface area (Å²) in [6.07, 6.45) is 6.26. The summed E-state index contributed by atoms with van der Waals surface area (Å²) < 4.78 is 0. The lowest BCUT2D eigenvalue weighted by molar-refractivity contribution is 0.316. The maximum absolute atomic E-state index is 3.71. The lowest BCUT2D eigenvalue weighted by Gasteiger charge is -2.17. The molecule has 0 fully saturated rings. The molecule has 1 heteroatoms. The first kappa shape index (κ1) is 10.4. The maximum atomic E-state index is 3.71. The highest BCUT2D eigenvalue weighted by molar-refractivity contribution is 4.74. The van der Waals surface area contributed by atoms with Crippen LogP contribution < -0.4 is 0 Å². The molecule has 0 saturated heterocycles. The molecule has 0 saturated carbocycles. The van der Waals surface area contributed by atoms with E-state index >= 15 is 0 Å². The van der Waals surface area contributed by atoms with Gasteiger partial charge in [0.15, 0.2) is 0 Å². The van der Waals surface area contributed by atoms with Gasteiger partial charge in [0.05, 0.1) is 0 Å². The van der Waals surface area contributed by atoms with E-state index in [0.29, 0.717) is 0 Å². The molecule has 64 valence electrons. The van der Waals surface area contributed by atoms with E-state index < -0.39 is 0 Å². The van der Waals surface area contributed by atoms with E-state index in [1.165, 1.54) is 6.42 Å². The number of hydrogen-bond donors (Lipinski definition) is 0. The van der Waals surface area contributed by atoms with Crippen LogP contribution in [0.15, 0.2) is 25.3 Å². The van der Waals surface area contributed by atoms with E-state index in [1.807, 2.05) is 12.2 Å². The van der Waals surface area contributed by atoms with Gasteiger partial charge in [-0.05, 0) is 25.9 Å². The van der Waals surface area contributed by atoms with Crippen LogP contribution in [0.2, 0.25) is 0 Å². The molecule has 0 unspecified atom stereocenters. The van der Waals surface area contributed by atoms with E-state index in [2.05, 4.69) is 25.0 Å². The van der Waals surface area contributed by atoms with Crippen LogP contribution in [-0.4, -0.2) is 24.5 Å². The average Bonchev–Trinajstić information content (AvgIpc) is 2.03. The first-order valence-electron chi connectivity index (χ1n) is 4.29. The highest BCUT2D eigenvalue weighted by Crippen LogP contribution is 1.95. The molecule has 0 aliphatic carbocycles. The molecular formula is C10H19N. The second kappa shape index (κ2) is 7.55. The highest BCUT2D eigenvalue weighted by atomic mass is 15.1. The first-order valence-corrected chi connectivity index (χ1v) is 4.29. The minimum Gasteiger partial charge on any atom is -0.300 e. The average molecular weight is 153 g/mol. The minimum atomic E-state index is 1.01. The molecule has 0 heterocycles. The summed E-state index contributed by atoms with van der Waals surface area (Å²) in [4.78, 5) is 2.37. The number of hydrogen-bond acceptors (Lipinski definition) is 1. The van der Waals surface area contributed by atoms with Crippen molar-refractivity contribution in [2.45, 2.75) is 19.8 Å². The molecule has 0 radical (unpaired) electrons. The normalized spacial score (nSPS) is 10.0. The summed E-state index contributed by atoms with van der Waals surface area (Å²) >= 11 is 0. The molecule has 0 N–H and O–H groups in total. The lowest BCUT2D eigenvalue weighted by atomic mass is 10.3. The lowest BCUT2D eigenvalue weighted by Crippen LogP contribution is -2.24. The Bertz CT molecular complexity index is 107. The van der Waals surface area contributed by atoms with Crippen LogP contribution >= 0.6 is 0 Å². The third-order valence-electron chi connectivity index (χ3n) is 1.72. The first-order chi connectivity index (χ1) is 5.35. The van der Waals surface area contributed by atoms with E-state index in [1.54, 1.807) is 0 Å². The summed E-state index contributed by atoms with van der Waals surface area (Å²) in [6.45, 7) is 12.9. The smallest absolute Gasteiger partial charge is 0.0160 e. The van der Waals surface area contributed by atoms with Crippen molar-refractivity contribution >= 4 is 0 Å². The molecular weight excluding hydrogens is 134 g/mol. The highest BCUT2D eigenvalue weighted by Gasteiger charge is 1.96. The van der Waals surface area contributed by atoms with Crippen LogP contribution in [0.3, 0.4) is 0 Å². The van der Waals surface area contributed by atoms with Gasteiger partial charge in [0.2, 0.25) is 0 Å². The number of nitrogens with zero attached hydrogens (tertiary/aromatic N) is 1. The van der Waals surface area contributed by atoms with Gasteiger partial charge in [-0.3, -0.25) is 4.90 Å². The monoisotopic (exact) mass is 153 g/mol. The van der Waals surface area contributed by atoms with Gasteiger partial charge in [0, 0.05) is 6.54 Å². The summed E-state index contributed by atoms with van der Waals surface area (Å²) in [6, 6.07) is 0. The van der Waals surface area contributed by atoms with Crippen molar-refractivity contribution < 1.29 is 0 Å². The van der Waals surface area contributed by atoms with Crippen molar-refractivity contribution in [2.75, 3.05) is 19.6 Å². The van der Waals surface area contributed by atoms with Gasteiger partial charge in [-0.25, -0.2) is 0 Å². The van der Waals surface area contributed by atoms with Gasteiger partial charge in [0.1, 0.15) is 0 Å². The van der Waals surface area contributed by atoms with E-state index in [0.717, 1.165) is 26.1 Å². The number of unbranched alkanes of at least 4 members (excludes halogenated alkanes) is 1. The van der Waals surface area contributed by atoms with Crippen LogP contribution in [0.4, 0.5) is 0 Å². The van der Waals surface area contributed by atoms with Crippen molar-refractivity contribution in [1.82, 2.24) is 4.90 Å². The van der Waals surface area contributed by atoms with Crippen LogP contribution in [0.5, 0.6) is 0 Å². The predicted octanol–water partition coefficient (Wildman–Crippen LogP) is 2.46. The molecule has 0 aromatic carbocycles. The number of rotatable bonds is 7. The van der Waals surface area contributed by atoms with Crippen molar-refractivity contribution in [3.05, 3.63) is 25.3 Å². The zero-order valence-electron chi connectivity index (χ0n) is 7.55. The summed E-state index contributed by atoms with van der Waals surface area (Å²) in [5, 5.41) is 0. The second-order valence-electron chi connectivity index (χ2n) is 2.61. The molecule has 0 aliphatic heterocycles. The molecule has 0 aromatic heterocycles. The summed E-state index contributed by atoms with van der Waals surface area (Å²) in [5.41, 5.74) is 0. The van der Waals surface area contributed by atoms with Crippen molar-refractivity contribution in [3.8, 4) is 0 Å². The van der Waals surface area contributed by atoms with Gasteiger partial charge in [-0.15, -0.1) is 13.2 Å². The Morgan fingerprint density at radius 2 is 2.00 bits per heavy atom. The Balaban J connectivity index is 3.34. The minimum absolute atomic E-state index is 1.01. The molecule has 0 atom stereocenters. The maximum Gasteiger partial charge on any atom is 0.0160 e. The van der Waals surface area contributed by atoms with E-state index in [-0.39, 0.29) is 0 Å². The third kappa shape index (κ3) is 5.86. The Hall–Kier alpha value is -0.560. The van der Waals surface area contributed by atoms with Crippen LogP contribution in [0.1, 0.15) is 19.8 Å². The Morgan fingerprint density at radius 3 is 2.45 bits per heavy atom. The van der Waals surface area contributed by atoms with Crippen molar-refractivity contribution in [1.29, 1.82) is 0 Å². The van der Waals surface area contributed by atoms with Crippen molar-refractivity contribution in [2.24, 2.45) is 0 Å². The van der Waals surface area contributed by atoms with E-state index in [4.69, 9.17) is 0 Å². The fourth-order valence-corrected chi connectivity index (χ4v) is 1.02. The summed E-state index contributed by atoms with van der Waals surface area (Å²) in [5.74, 6) is 0. The Morgan fingerprint density at radius 1 is 1.27 bits per heavy atom. The molecule has 0 aromatic rings. The van der Waals surface area contributed by atoms with Crippen LogP contribution in [0, 0.1) is 0 Å². The molecule has 0 aliphatic rings. The zero-order chi connectivity index (χ0) is 8.53. The quantitative estimate of drug-likeness (QED) is 0.401. The largest absolute Gasteiger partial charge is 0.300 e. The SMILES string of the molecule is C=CCCCN(CC)CC=C. The topological polar surface area (TPSA) is 3.24 Å². The Kier molecular flexibility index (Phi) is 7.16. The fourth-order valence-electron chi connectivity index (χ4n) is 1.02. The van der Waals surface area contributed by atoms with Gasteiger partial charge in [-0.1, -0.05) is 19.1 Å².